The van der Waals surface area contributed by atoms with E-state index in [0.29, 0.717) is 17.4 Å². The topological polar surface area (TPSA) is 84.6 Å². The summed E-state index contributed by atoms with van der Waals surface area (Å²) >= 11 is 0. The summed E-state index contributed by atoms with van der Waals surface area (Å²) in [4.78, 5) is 21.9. The zero-order valence-electron chi connectivity index (χ0n) is 10.7. The molecule has 0 aliphatic heterocycles. The van der Waals surface area contributed by atoms with Crippen molar-refractivity contribution in [2.75, 3.05) is 0 Å². The number of non-ortho nitro benzene ring substituents is 1. The third kappa shape index (κ3) is 2.20. The molecule has 0 spiro atoms. The van der Waals surface area contributed by atoms with Crippen LogP contribution >= 0.6 is 0 Å². The number of carbonyl (C=O) groups excluding carboxylic acids is 1. The van der Waals surface area contributed by atoms with Crippen LogP contribution in [0.2, 0.25) is 0 Å². The predicted octanol–water partition coefficient (Wildman–Crippen LogP) is 2.28. The Labute approximate surface area is 115 Å². The van der Waals surface area contributed by atoms with Crippen molar-refractivity contribution in [3.8, 4) is 0 Å². The van der Waals surface area contributed by atoms with Crippen LogP contribution in [-0.4, -0.2) is 16.5 Å². The summed E-state index contributed by atoms with van der Waals surface area (Å²) in [6, 6.07) is 5.47. The molecule has 1 fully saturated rings. The van der Waals surface area contributed by atoms with Gasteiger partial charge in [0.25, 0.3) is 11.6 Å². The number of rotatable bonds is 3. The van der Waals surface area contributed by atoms with Gasteiger partial charge in [-0.2, -0.15) is 5.10 Å². The van der Waals surface area contributed by atoms with Crippen LogP contribution in [-0.2, 0) is 0 Å². The zero-order chi connectivity index (χ0) is 14.1. The third-order valence-electron chi connectivity index (χ3n) is 3.80. The van der Waals surface area contributed by atoms with E-state index in [1.165, 1.54) is 24.3 Å². The van der Waals surface area contributed by atoms with E-state index in [1.807, 2.05) is 0 Å². The van der Waals surface area contributed by atoms with Gasteiger partial charge in [-0.25, -0.2) is 5.43 Å². The molecule has 0 unspecified atom stereocenters. The largest absolute Gasteiger partial charge is 0.271 e. The number of fused-ring (bicyclic) bond motifs is 1. The van der Waals surface area contributed by atoms with E-state index in [9.17, 15) is 14.9 Å². The predicted molar refractivity (Wildman–Crippen MR) is 73.4 cm³/mol. The van der Waals surface area contributed by atoms with Crippen LogP contribution in [0.4, 0.5) is 5.69 Å². The van der Waals surface area contributed by atoms with Crippen LogP contribution in [0.15, 0.2) is 41.5 Å². The summed E-state index contributed by atoms with van der Waals surface area (Å²) in [5.41, 5.74) is 3.86. The highest BCUT2D eigenvalue weighted by atomic mass is 16.6. The van der Waals surface area contributed by atoms with Crippen molar-refractivity contribution in [1.29, 1.82) is 0 Å². The quantitative estimate of drug-likeness (QED) is 0.520. The zero-order valence-corrected chi connectivity index (χ0v) is 10.7. The van der Waals surface area contributed by atoms with Crippen molar-refractivity contribution in [3.05, 3.63) is 52.1 Å². The molecule has 3 rings (SSSR count). The van der Waals surface area contributed by atoms with Gasteiger partial charge in [0, 0.05) is 29.3 Å². The Morgan fingerprint density at radius 3 is 2.75 bits per heavy atom. The average Bonchev–Trinajstić information content (AvgIpc) is 2.80. The fourth-order valence-electron chi connectivity index (χ4n) is 2.58. The number of hydrazone groups is 1. The fourth-order valence-corrected chi connectivity index (χ4v) is 2.58. The normalized spacial score (nSPS) is 25.1. The van der Waals surface area contributed by atoms with Crippen LogP contribution in [0.5, 0.6) is 0 Å². The fraction of sp³-hybridized carbons (Fsp3) is 0.286. The minimum Gasteiger partial charge on any atom is -0.267 e. The average molecular weight is 271 g/mol. The Morgan fingerprint density at radius 1 is 1.35 bits per heavy atom. The van der Waals surface area contributed by atoms with E-state index in [0.717, 1.165) is 18.6 Å². The number of nitrogens with zero attached hydrogens (tertiary/aromatic N) is 2. The molecule has 1 amide bonds. The van der Waals surface area contributed by atoms with Crippen LogP contribution in [0.25, 0.3) is 0 Å². The summed E-state index contributed by atoms with van der Waals surface area (Å²) in [6.45, 7) is 0. The highest BCUT2D eigenvalue weighted by Crippen LogP contribution is 2.40. The van der Waals surface area contributed by atoms with Crippen LogP contribution in [0.3, 0.4) is 0 Å². The van der Waals surface area contributed by atoms with Gasteiger partial charge in [-0.1, -0.05) is 12.2 Å². The smallest absolute Gasteiger partial charge is 0.267 e. The monoisotopic (exact) mass is 271 g/mol. The summed E-state index contributed by atoms with van der Waals surface area (Å²) in [7, 11) is 0. The maximum absolute atomic E-state index is 11.9. The Hall–Kier alpha value is -2.50. The summed E-state index contributed by atoms with van der Waals surface area (Å²) < 4.78 is 0. The Kier molecular flexibility index (Phi) is 3.06. The first kappa shape index (κ1) is 12.5. The number of nitro benzene ring substituents is 1. The van der Waals surface area contributed by atoms with Gasteiger partial charge in [0.2, 0.25) is 0 Å². The van der Waals surface area contributed by atoms with Gasteiger partial charge < -0.3 is 0 Å². The van der Waals surface area contributed by atoms with Gasteiger partial charge in [0.1, 0.15) is 0 Å². The summed E-state index contributed by atoms with van der Waals surface area (Å²) in [5.74, 6) is 0.694. The number of hydrogen-bond donors (Lipinski definition) is 1. The van der Waals surface area contributed by atoms with Crippen molar-refractivity contribution < 1.29 is 9.72 Å². The van der Waals surface area contributed by atoms with Gasteiger partial charge in [0.05, 0.1) is 4.92 Å². The van der Waals surface area contributed by atoms with Crippen LogP contribution in [0.1, 0.15) is 23.2 Å². The molecule has 2 aliphatic carbocycles. The third-order valence-corrected chi connectivity index (χ3v) is 3.80. The van der Waals surface area contributed by atoms with Crippen LogP contribution < -0.4 is 5.43 Å². The SMILES string of the molecule is O=C(N/N=C1\C[C@@H]2C=CC[C@H]12)c1ccc([N+](=O)[O-])cc1. The second kappa shape index (κ2) is 4.88. The highest BCUT2D eigenvalue weighted by Gasteiger charge is 2.37. The molecular formula is C14H13N3O3. The first-order chi connectivity index (χ1) is 9.65. The minimum atomic E-state index is -0.497. The molecular weight excluding hydrogens is 258 g/mol. The van der Waals surface area contributed by atoms with Crippen molar-refractivity contribution in [1.82, 2.24) is 5.43 Å². The molecule has 6 nitrogen and oxygen atoms in total. The molecule has 1 saturated carbocycles. The molecule has 6 heteroatoms. The molecule has 102 valence electrons. The first-order valence-corrected chi connectivity index (χ1v) is 6.43. The molecule has 20 heavy (non-hydrogen) atoms. The number of allylic oxidation sites excluding steroid dienone is 2. The number of amides is 1. The second-order valence-corrected chi connectivity index (χ2v) is 4.99. The van der Waals surface area contributed by atoms with E-state index in [1.54, 1.807) is 0 Å². The molecule has 2 atom stereocenters. The van der Waals surface area contributed by atoms with Crippen molar-refractivity contribution in [2.24, 2.45) is 16.9 Å². The van der Waals surface area contributed by atoms with E-state index in [2.05, 4.69) is 22.7 Å². The van der Waals surface area contributed by atoms with Crippen molar-refractivity contribution >= 4 is 17.3 Å². The van der Waals surface area contributed by atoms with E-state index < -0.39 is 4.92 Å². The second-order valence-electron chi connectivity index (χ2n) is 4.99. The van der Waals surface area contributed by atoms with Gasteiger partial charge in [0.15, 0.2) is 0 Å². The molecule has 0 bridgehead atoms. The lowest BCUT2D eigenvalue weighted by molar-refractivity contribution is -0.384. The van der Waals surface area contributed by atoms with Gasteiger partial charge >= 0.3 is 0 Å². The van der Waals surface area contributed by atoms with E-state index >= 15 is 0 Å². The molecule has 0 radical (unpaired) electrons. The molecule has 1 aromatic rings. The lowest BCUT2D eigenvalue weighted by atomic mass is 9.74. The maximum atomic E-state index is 11.9. The highest BCUT2D eigenvalue weighted by molar-refractivity contribution is 5.98. The molecule has 0 saturated heterocycles. The van der Waals surface area contributed by atoms with Gasteiger partial charge in [-0.15, -0.1) is 0 Å². The Morgan fingerprint density at radius 2 is 2.10 bits per heavy atom. The summed E-state index contributed by atoms with van der Waals surface area (Å²) in [6.07, 6.45) is 6.25. The minimum absolute atomic E-state index is 0.0354. The number of carbonyl (C=O) groups is 1. The van der Waals surface area contributed by atoms with Gasteiger partial charge in [-0.3, -0.25) is 14.9 Å². The van der Waals surface area contributed by atoms with Crippen molar-refractivity contribution in [2.45, 2.75) is 12.8 Å². The van der Waals surface area contributed by atoms with Gasteiger partial charge in [-0.05, 0) is 30.9 Å². The number of hydrogen-bond acceptors (Lipinski definition) is 4. The lowest BCUT2D eigenvalue weighted by Crippen LogP contribution is -2.35. The number of nitrogens with one attached hydrogen (secondary N) is 1. The lowest BCUT2D eigenvalue weighted by Gasteiger charge is -2.31. The van der Waals surface area contributed by atoms with Crippen LogP contribution in [0, 0.1) is 22.0 Å². The molecule has 0 heterocycles. The number of nitro groups is 1. The number of benzene rings is 1. The van der Waals surface area contributed by atoms with Crippen molar-refractivity contribution in [3.63, 3.8) is 0 Å². The Balaban J connectivity index is 1.62. The first-order valence-electron chi connectivity index (χ1n) is 6.43. The molecule has 1 aromatic carbocycles. The molecule has 1 N–H and O–H groups in total. The van der Waals surface area contributed by atoms with E-state index in [4.69, 9.17) is 0 Å². The van der Waals surface area contributed by atoms with E-state index in [-0.39, 0.29) is 11.6 Å². The maximum Gasteiger partial charge on any atom is 0.271 e. The standard InChI is InChI=1S/C14H13N3O3/c18-14(9-4-6-11(7-5-9)17(19)20)16-15-13-8-10-2-1-3-12(10)13/h1-2,4-7,10,12H,3,8H2,(H,16,18)/b15-13+/t10-,12-/m0/s1. The molecule has 2 aliphatic rings. The summed E-state index contributed by atoms with van der Waals surface area (Å²) in [5, 5.41) is 14.7. The Bertz CT molecular complexity index is 619. The molecule has 0 aromatic heterocycles.